The maximum absolute atomic E-state index is 11.3. The van der Waals surface area contributed by atoms with Crippen LogP contribution < -0.4 is 0 Å². The van der Waals surface area contributed by atoms with E-state index in [1.165, 1.54) is 32.1 Å². The summed E-state index contributed by atoms with van der Waals surface area (Å²) in [5, 5.41) is 9.32. The zero-order valence-corrected chi connectivity index (χ0v) is 17.9. The molecule has 0 saturated heterocycles. The zero-order chi connectivity index (χ0) is 20.2. The van der Waals surface area contributed by atoms with Crippen LogP contribution in [0.1, 0.15) is 97.8 Å². The molecule has 3 heteroatoms. The summed E-state index contributed by atoms with van der Waals surface area (Å²) in [5.41, 5.74) is -0.978. The summed E-state index contributed by atoms with van der Waals surface area (Å²) >= 11 is 0. The highest BCUT2D eigenvalue weighted by atomic mass is 16.5. The summed E-state index contributed by atoms with van der Waals surface area (Å²) in [6.07, 6.45) is 25.9. The van der Waals surface area contributed by atoms with Crippen molar-refractivity contribution in [3.63, 3.8) is 0 Å². The van der Waals surface area contributed by atoms with Gasteiger partial charge < -0.3 is 9.84 Å². The van der Waals surface area contributed by atoms with Crippen LogP contribution in [0.4, 0.5) is 0 Å². The molecule has 0 aliphatic carbocycles. The quantitative estimate of drug-likeness (QED) is 0.202. The number of carboxylic acids is 1. The third kappa shape index (κ3) is 13.5. The number of hydrogen-bond acceptors (Lipinski definition) is 2. The van der Waals surface area contributed by atoms with E-state index in [0.717, 1.165) is 32.1 Å². The Bertz CT molecular complexity index is 431. The van der Waals surface area contributed by atoms with Gasteiger partial charge in [0.05, 0.1) is 0 Å². The first-order chi connectivity index (χ1) is 13.1. The minimum atomic E-state index is -0.978. The van der Waals surface area contributed by atoms with Crippen molar-refractivity contribution in [2.24, 2.45) is 0 Å². The first-order valence-corrected chi connectivity index (χ1v) is 10.9. The Morgan fingerprint density at radius 2 is 1.30 bits per heavy atom. The van der Waals surface area contributed by atoms with E-state index in [-0.39, 0.29) is 0 Å². The summed E-state index contributed by atoms with van der Waals surface area (Å²) in [5.74, 6) is -0.829. The lowest BCUT2D eigenvalue weighted by Gasteiger charge is -2.27. The molecule has 0 bridgehead atoms. The van der Waals surface area contributed by atoms with Gasteiger partial charge in [-0.1, -0.05) is 82.9 Å². The standard InChI is InChI=1S/C24H42O3/c1-4-7-8-9-10-11-12-13-14-15-16-17-18-19-20-21-22-27-24(5-2,6-3)23(25)26/h7-8,10-11,13-14H,4-6,9,12,15-22H2,1-3H3,(H,25,26). The first-order valence-electron chi connectivity index (χ1n) is 10.9. The van der Waals surface area contributed by atoms with E-state index in [0.29, 0.717) is 19.4 Å². The molecule has 156 valence electrons. The van der Waals surface area contributed by atoms with Crippen LogP contribution in [0.3, 0.4) is 0 Å². The van der Waals surface area contributed by atoms with Crippen molar-refractivity contribution >= 4 is 5.97 Å². The molecule has 0 saturated carbocycles. The van der Waals surface area contributed by atoms with Gasteiger partial charge >= 0.3 is 5.97 Å². The average molecular weight is 379 g/mol. The molecule has 0 radical (unpaired) electrons. The fraction of sp³-hybridized carbons (Fsp3) is 0.708. The van der Waals surface area contributed by atoms with Crippen molar-refractivity contribution in [2.45, 2.75) is 103 Å². The molecule has 1 N–H and O–H groups in total. The molecule has 0 aliphatic heterocycles. The molecule has 27 heavy (non-hydrogen) atoms. The van der Waals surface area contributed by atoms with Crippen LogP contribution in [0.25, 0.3) is 0 Å². The summed E-state index contributed by atoms with van der Waals surface area (Å²) in [4.78, 5) is 11.3. The smallest absolute Gasteiger partial charge is 0.335 e. The Hall–Kier alpha value is -1.35. The van der Waals surface area contributed by atoms with Crippen molar-refractivity contribution in [3.8, 4) is 0 Å². The van der Waals surface area contributed by atoms with Crippen LogP contribution in [0.5, 0.6) is 0 Å². The maximum Gasteiger partial charge on any atom is 0.335 e. The number of rotatable bonds is 18. The zero-order valence-electron chi connectivity index (χ0n) is 17.9. The molecule has 0 unspecified atom stereocenters. The van der Waals surface area contributed by atoms with Crippen molar-refractivity contribution in [1.82, 2.24) is 0 Å². The number of carbonyl (C=O) groups is 1. The number of allylic oxidation sites excluding steroid dienone is 6. The SMILES string of the molecule is CCC=CCC=CCC=CCCCCCCCCOC(CC)(CC)C(=O)O. The Labute approximate surface area is 167 Å². The first kappa shape index (κ1) is 25.6. The fourth-order valence-corrected chi connectivity index (χ4v) is 2.98. The van der Waals surface area contributed by atoms with Crippen LogP contribution in [0.2, 0.25) is 0 Å². The second-order valence-corrected chi connectivity index (χ2v) is 7.06. The average Bonchev–Trinajstić information content (AvgIpc) is 2.67. The molecule has 0 rings (SSSR count). The predicted molar refractivity (Wildman–Crippen MR) is 116 cm³/mol. The van der Waals surface area contributed by atoms with Crippen LogP contribution in [0.15, 0.2) is 36.5 Å². The Morgan fingerprint density at radius 1 is 0.778 bits per heavy atom. The molecular weight excluding hydrogens is 336 g/mol. The molecule has 0 aromatic rings. The normalized spacial score (nSPS) is 12.7. The lowest BCUT2D eigenvalue weighted by Crippen LogP contribution is -2.40. The third-order valence-electron chi connectivity index (χ3n) is 4.96. The highest BCUT2D eigenvalue weighted by Gasteiger charge is 2.35. The molecule has 0 heterocycles. The van der Waals surface area contributed by atoms with E-state index in [9.17, 15) is 9.90 Å². The number of aliphatic carboxylic acids is 1. The number of hydrogen-bond donors (Lipinski definition) is 1. The maximum atomic E-state index is 11.3. The molecular formula is C24H42O3. The van der Waals surface area contributed by atoms with Crippen molar-refractivity contribution < 1.29 is 14.6 Å². The van der Waals surface area contributed by atoms with E-state index >= 15 is 0 Å². The van der Waals surface area contributed by atoms with Gasteiger partial charge in [0.1, 0.15) is 0 Å². The van der Waals surface area contributed by atoms with Crippen LogP contribution in [-0.4, -0.2) is 23.3 Å². The van der Waals surface area contributed by atoms with E-state index in [1.54, 1.807) is 0 Å². The van der Waals surface area contributed by atoms with Crippen LogP contribution >= 0.6 is 0 Å². The second-order valence-electron chi connectivity index (χ2n) is 7.06. The molecule has 0 aromatic carbocycles. The highest BCUT2D eigenvalue weighted by molar-refractivity contribution is 5.77. The Kier molecular flexibility index (Phi) is 17.1. The van der Waals surface area contributed by atoms with Gasteiger partial charge in [-0.15, -0.1) is 0 Å². The molecule has 0 spiro atoms. The Morgan fingerprint density at radius 3 is 1.85 bits per heavy atom. The van der Waals surface area contributed by atoms with E-state index in [1.807, 2.05) is 13.8 Å². The van der Waals surface area contributed by atoms with Gasteiger partial charge in [-0.3, -0.25) is 0 Å². The van der Waals surface area contributed by atoms with Gasteiger partial charge in [-0.05, 0) is 51.4 Å². The lowest BCUT2D eigenvalue weighted by molar-refractivity contribution is -0.167. The van der Waals surface area contributed by atoms with Gasteiger partial charge in [0.2, 0.25) is 0 Å². The van der Waals surface area contributed by atoms with Gasteiger partial charge in [-0.25, -0.2) is 4.79 Å². The highest BCUT2D eigenvalue weighted by Crippen LogP contribution is 2.21. The van der Waals surface area contributed by atoms with E-state index < -0.39 is 11.6 Å². The molecule has 3 nitrogen and oxygen atoms in total. The topological polar surface area (TPSA) is 46.5 Å². The summed E-state index contributed by atoms with van der Waals surface area (Å²) < 4.78 is 5.69. The third-order valence-corrected chi connectivity index (χ3v) is 4.96. The van der Waals surface area contributed by atoms with Gasteiger partial charge in [0.25, 0.3) is 0 Å². The number of ether oxygens (including phenoxy) is 1. The van der Waals surface area contributed by atoms with Gasteiger partial charge in [0, 0.05) is 6.61 Å². The van der Waals surface area contributed by atoms with E-state index in [4.69, 9.17) is 4.74 Å². The monoisotopic (exact) mass is 378 g/mol. The Balaban J connectivity index is 3.51. The van der Waals surface area contributed by atoms with Crippen molar-refractivity contribution in [3.05, 3.63) is 36.5 Å². The van der Waals surface area contributed by atoms with Crippen molar-refractivity contribution in [2.75, 3.05) is 6.61 Å². The second kappa shape index (κ2) is 18.0. The van der Waals surface area contributed by atoms with Crippen molar-refractivity contribution in [1.29, 1.82) is 0 Å². The van der Waals surface area contributed by atoms with Gasteiger partial charge in [-0.2, -0.15) is 0 Å². The summed E-state index contributed by atoms with van der Waals surface area (Å²) in [6.45, 7) is 6.47. The molecule has 0 aromatic heterocycles. The van der Waals surface area contributed by atoms with Crippen LogP contribution in [-0.2, 0) is 9.53 Å². The van der Waals surface area contributed by atoms with Gasteiger partial charge in [0.15, 0.2) is 5.60 Å². The summed E-state index contributed by atoms with van der Waals surface area (Å²) in [7, 11) is 0. The predicted octanol–water partition coefficient (Wildman–Crippen LogP) is 7.24. The summed E-state index contributed by atoms with van der Waals surface area (Å²) in [6, 6.07) is 0. The number of carboxylic acid groups (broad SMARTS) is 1. The molecule has 0 amide bonds. The molecule has 0 aliphatic rings. The minimum Gasteiger partial charge on any atom is -0.479 e. The van der Waals surface area contributed by atoms with E-state index in [2.05, 4.69) is 43.4 Å². The lowest BCUT2D eigenvalue weighted by atomic mass is 9.97. The number of unbranched alkanes of at least 4 members (excludes halogenated alkanes) is 6. The fourth-order valence-electron chi connectivity index (χ4n) is 2.98. The molecule has 0 atom stereocenters. The minimum absolute atomic E-state index is 0.526. The molecule has 0 fully saturated rings. The van der Waals surface area contributed by atoms with Crippen LogP contribution in [0, 0.1) is 0 Å². The largest absolute Gasteiger partial charge is 0.479 e.